The van der Waals surface area contributed by atoms with Gasteiger partial charge in [-0.05, 0) is 42.0 Å². The Morgan fingerprint density at radius 2 is 1.70 bits per heavy atom. The summed E-state index contributed by atoms with van der Waals surface area (Å²) < 4.78 is 0. The molecule has 0 aliphatic rings. The zero-order chi connectivity index (χ0) is 19.8. The molecule has 0 spiro atoms. The summed E-state index contributed by atoms with van der Waals surface area (Å²) in [5.74, 6) is -0.655. The highest BCUT2D eigenvalue weighted by Crippen LogP contribution is 2.17. The normalized spacial score (nSPS) is 11.5. The Bertz CT molecular complexity index is 809. The SMILES string of the molecule is O=C(CCNC(=O)c1ccc(Cl)cc1)NC[C@@H](O)c1ccc([N+](=O)[O-])cc1. The summed E-state index contributed by atoms with van der Waals surface area (Å²) in [6.07, 6.45) is -0.940. The molecule has 0 radical (unpaired) electrons. The Kier molecular flexibility index (Phi) is 7.27. The van der Waals surface area contributed by atoms with E-state index >= 15 is 0 Å². The van der Waals surface area contributed by atoms with E-state index in [-0.39, 0.29) is 37.0 Å². The van der Waals surface area contributed by atoms with E-state index in [1.807, 2.05) is 0 Å². The molecule has 0 unspecified atom stereocenters. The number of aliphatic hydroxyl groups excluding tert-OH is 1. The molecule has 2 aromatic carbocycles. The molecule has 0 fully saturated rings. The van der Waals surface area contributed by atoms with Crippen molar-refractivity contribution >= 4 is 29.1 Å². The molecule has 0 heterocycles. The van der Waals surface area contributed by atoms with Crippen molar-refractivity contribution in [2.24, 2.45) is 0 Å². The number of nitrogens with zero attached hydrogens (tertiary/aromatic N) is 1. The predicted molar refractivity (Wildman–Crippen MR) is 99.5 cm³/mol. The van der Waals surface area contributed by atoms with Crippen molar-refractivity contribution < 1.29 is 19.6 Å². The summed E-state index contributed by atoms with van der Waals surface area (Å²) >= 11 is 5.75. The fraction of sp³-hybridized carbons (Fsp3) is 0.222. The molecule has 2 amide bonds. The van der Waals surface area contributed by atoms with Crippen LogP contribution in [0.2, 0.25) is 5.02 Å². The van der Waals surface area contributed by atoms with Crippen LogP contribution in [-0.4, -0.2) is 34.9 Å². The first kappa shape index (κ1) is 20.3. The largest absolute Gasteiger partial charge is 0.387 e. The number of aliphatic hydroxyl groups is 1. The van der Waals surface area contributed by atoms with Crippen LogP contribution in [0.15, 0.2) is 48.5 Å². The number of halogens is 1. The third-order valence-electron chi connectivity index (χ3n) is 3.73. The molecule has 8 nitrogen and oxygen atoms in total. The lowest BCUT2D eigenvalue weighted by molar-refractivity contribution is -0.384. The van der Waals surface area contributed by atoms with E-state index in [9.17, 15) is 24.8 Å². The van der Waals surface area contributed by atoms with Gasteiger partial charge < -0.3 is 15.7 Å². The zero-order valence-electron chi connectivity index (χ0n) is 14.2. The molecule has 9 heteroatoms. The third kappa shape index (κ3) is 6.36. The number of nitro groups is 1. The van der Waals surface area contributed by atoms with Crippen LogP contribution in [0.25, 0.3) is 0 Å². The van der Waals surface area contributed by atoms with Crippen LogP contribution in [0.4, 0.5) is 5.69 Å². The van der Waals surface area contributed by atoms with Gasteiger partial charge in [0.05, 0.1) is 11.0 Å². The van der Waals surface area contributed by atoms with Crippen molar-refractivity contribution in [2.45, 2.75) is 12.5 Å². The minimum Gasteiger partial charge on any atom is -0.387 e. The van der Waals surface area contributed by atoms with Crippen molar-refractivity contribution in [2.75, 3.05) is 13.1 Å². The van der Waals surface area contributed by atoms with Crippen molar-refractivity contribution in [1.29, 1.82) is 0 Å². The van der Waals surface area contributed by atoms with Gasteiger partial charge in [0.1, 0.15) is 0 Å². The lowest BCUT2D eigenvalue weighted by Crippen LogP contribution is -2.32. The first-order chi connectivity index (χ1) is 12.9. The third-order valence-corrected chi connectivity index (χ3v) is 3.98. The highest BCUT2D eigenvalue weighted by Gasteiger charge is 2.12. The van der Waals surface area contributed by atoms with Crippen LogP contribution >= 0.6 is 11.6 Å². The van der Waals surface area contributed by atoms with Gasteiger partial charge in [-0.3, -0.25) is 19.7 Å². The van der Waals surface area contributed by atoms with Gasteiger partial charge in [-0.25, -0.2) is 0 Å². The highest BCUT2D eigenvalue weighted by molar-refractivity contribution is 6.30. The molecule has 0 aliphatic heterocycles. The second-order valence-electron chi connectivity index (χ2n) is 5.68. The topological polar surface area (TPSA) is 122 Å². The van der Waals surface area contributed by atoms with Crippen LogP contribution in [0.5, 0.6) is 0 Å². The van der Waals surface area contributed by atoms with Crippen molar-refractivity contribution in [3.05, 3.63) is 74.8 Å². The number of hydrogen-bond acceptors (Lipinski definition) is 5. The number of rotatable bonds is 8. The minimum atomic E-state index is -0.988. The molecule has 142 valence electrons. The molecule has 2 aromatic rings. The van der Waals surface area contributed by atoms with Crippen LogP contribution in [0.1, 0.15) is 28.4 Å². The van der Waals surface area contributed by atoms with Gasteiger partial charge in [0.2, 0.25) is 5.91 Å². The first-order valence-corrected chi connectivity index (χ1v) is 8.47. The fourth-order valence-corrected chi connectivity index (χ4v) is 2.35. The number of amides is 2. The number of non-ortho nitro benzene ring substituents is 1. The average molecular weight is 392 g/mol. The molecule has 0 aliphatic carbocycles. The number of carbonyl (C=O) groups excluding carboxylic acids is 2. The number of benzene rings is 2. The van der Waals surface area contributed by atoms with Crippen LogP contribution < -0.4 is 10.6 Å². The maximum absolute atomic E-state index is 11.9. The van der Waals surface area contributed by atoms with Gasteiger partial charge >= 0.3 is 0 Å². The minimum absolute atomic E-state index is 0.0399. The molecule has 0 bridgehead atoms. The van der Waals surface area contributed by atoms with E-state index in [2.05, 4.69) is 10.6 Å². The van der Waals surface area contributed by atoms with Crippen LogP contribution in [0, 0.1) is 10.1 Å². The molecule has 0 aromatic heterocycles. The Balaban J connectivity index is 1.71. The summed E-state index contributed by atoms with van der Waals surface area (Å²) in [7, 11) is 0. The van der Waals surface area contributed by atoms with Gasteiger partial charge in [-0.1, -0.05) is 11.6 Å². The van der Waals surface area contributed by atoms with E-state index < -0.39 is 11.0 Å². The molecule has 1 atom stereocenters. The smallest absolute Gasteiger partial charge is 0.269 e. The maximum atomic E-state index is 11.9. The average Bonchev–Trinajstić information content (AvgIpc) is 2.66. The number of carbonyl (C=O) groups is 2. The summed E-state index contributed by atoms with van der Waals surface area (Å²) in [5.41, 5.74) is 0.816. The quantitative estimate of drug-likeness (QED) is 0.470. The van der Waals surface area contributed by atoms with E-state index in [0.717, 1.165) is 0 Å². The van der Waals surface area contributed by atoms with E-state index in [4.69, 9.17) is 11.6 Å². The Morgan fingerprint density at radius 1 is 1.07 bits per heavy atom. The first-order valence-electron chi connectivity index (χ1n) is 8.09. The number of hydrogen-bond donors (Lipinski definition) is 3. The lowest BCUT2D eigenvalue weighted by atomic mass is 10.1. The maximum Gasteiger partial charge on any atom is 0.269 e. The van der Waals surface area contributed by atoms with E-state index in [1.54, 1.807) is 24.3 Å². The van der Waals surface area contributed by atoms with Gasteiger partial charge in [-0.15, -0.1) is 0 Å². The van der Waals surface area contributed by atoms with E-state index in [0.29, 0.717) is 16.1 Å². The molecule has 0 saturated heterocycles. The van der Waals surface area contributed by atoms with Crippen molar-refractivity contribution in [3.8, 4) is 0 Å². The summed E-state index contributed by atoms with van der Waals surface area (Å²) in [4.78, 5) is 33.8. The zero-order valence-corrected chi connectivity index (χ0v) is 15.0. The standard InChI is InChI=1S/C18H18ClN3O5/c19-14-5-1-13(2-6-14)18(25)20-10-9-17(24)21-11-16(23)12-3-7-15(8-4-12)22(26)27/h1-8,16,23H,9-11H2,(H,20,25)(H,21,24)/t16-/m1/s1. The lowest BCUT2D eigenvalue weighted by Gasteiger charge is -2.12. The van der Waals surface area contributed by atoms with Gasteiger partial charge in [-0.2, -0.15) is 0 Å². The Labute approximate surface area is 160 Å². The summed E-state index contributed by atoms with van der Waals surface area (Å²) in [5, 5.41) is 26.3. The molecular weight excluding hydrogens is 374 g/mol. The second kappa shape index (κ2) is 9.65. The van der Waals surface area contributed by atoms with Crippen LogP contribution in [-0.2, 0) is 4.79 Å². The Morgan fingerprint density at radius 3 is 2.30 bits per heavy atom. The van der Waals surface area contributed by atoms with Crippen molar-refractivity contribution in [1.82, 2.24) is 10.6 Å². The molecule has 0 saturated carbocycles. The number of nitro benzene ring substituents is 1. The second-order valence-corrected chi connectivity index (χ2v) is 6.12. The predicted octanol–water partition coefficient (Wildman–Crippen LogP) is 2.22. The molecule has 3 N–H and O–H groups in total. The monoisotopic (exact) mass is 391 g/mol. The van der Waals surface area contributed by atoms with Crippen molar-refractivity contribution in [3.63, 3.8) is 0 Å². The highest BCUT2D eigenvalue weighted by atomic mass is 35.5. The fourth-order valence-electron chi connectivity index (χ4n) is 2.23. The van der Waals surface area contributed by atoms with E-state index in [1.165, 1.54) is 24.3 Å². The molecule has 2 rings (SSSR count). The van der Waals surface area contributed by atoms with Gasteiger partial charge in [0.15, 0.2) is 0 Å². The summed E-state index contributed by atoms with van der Waals surface area (Å²) in [6.45, 7) is 0.0999. The van der Waals surface area contributed by atoms with Gasteiger partial charge in [0.25, 0.3) is 11.6 Å². The number of nitrogens with one attached hydrogen (secondary N) is 2. The van der Waals surface area contributed by atoms with Crippen LogP contribution in [0.3, 0.4) is 0 Å². The van der Waals surface area contributed by atoms with Gasteiger partial charge in [0, 0.05) is 42.2 Å². The summed E-state index contributed by atoms with van der Waals surface area (Å²) in [6, 6.07) is 11.8. The Hall–Kier alpha value is -2.97. The molecule has 27 heavy (non-hydrogen) atoms. The molecular formula is C18H18ClN3O5.